The molecule has 0 unspecified atom stereocenters. The van der Waals surface area contributed by atoms with Gasteiger partial charge >= 0.3 is 0 Å². The summed E-state index contributed by atoms with van der Waals surface area (Å²) in [5, 5.41) is 10.6. The molecular formula is C17H22FN3O2. The van der Waals surface area contributed by atoms with E-state index in [9.17, 15) is 4.39 Å². The summed E-state index contributed by atoms with van der Waals surface area (Å²) in [5.41, 5.74) is 2.27. The Morgan fingerprint density at radius 3 is 2.83 bits per heavy atom. The zero-order chi connectivity index (χ0) is 16.3. The number of aromatic amines is 1. The number of methoxy groups -OCH3 is 1. The molecule has 0 amide bonds. The molecule has 1 aromatic heterocycles. The molecule has 0 aliphatic carbocycles. The lowest BCUT2D eigenvalue weighted by Crippen LogP contribution is -2.47. The van der Waals surface area contributed by atoms with Crippen LogP contribution in [0.2, 0.25) is 0 Å². The van der Waals surface area contributed by atoms with Gasteiger partial charge in [0.2, 0.25) is 0 Å². The van der Waals surface area contributed by atoms with E-state index in [4.69, 9.17) is 9.47 Å². The van der Waals surface area contributed by atoms with Crippen LogP contribution in [-0.2, 0) is 16.8 Å². The van der Waals surface area contributed by atoms with E-state index in [1.54, 1.807) is 12.3 Å². The Bertz CT molecular complexity index is 666. The van der Waals surface area contributed by atoms with Gasteiger partial charge in [-0.3, -0.25) is 5.10 Å². The van der Waals surface area contributed by atoms with Gasteiger partial charge in [-0.2, -0.15) is 5.10 Å². The Morgan fingerprint density at radius 2 is 2.17 bits per heavy atom. The lowest BCUT2D eigenvalue weighted by molar-refractivity contribution is 0.0340. The molecule has 124 valence electrons. The van der Waals surface area contributed by atoms with E-state index in [1.807, 2.05) is 19.1 Å². The van der Waals surface area contributed by atoms with E-state index in [1.165, 1.54) is 7.11 Å². The maximum atomic E-state index is 14.8. The first-order chi connectivity index (χ1) is 11.2. The fourth-order valence-electron chi connectivity index (χ4n) is 3.11. The molecule has 1 aliphatic rings. The fraction of sp³-hybridized carbons (Fsp3) is 0.471. The summed E-state index contributed by atoms with van der Waals surface area (Å²) >= 11 is 0. The van der Waals surface area contributed by atoms with Gasteiger partial charge in [0, 0.05) is 25.3 Å². The highest BCUT2D eigenvalue weighted by Gasteiger charge is 2.37. The highest BCUT2D eigenvalue weighted by molar-refractivity contribution is 5.36. The molecule has 0 saturated carbocycles. The molecule has 1 aromatic carbocycles. The van der Waals surface area contributed by atoms with Crippen LogP contribution in [0.1, 0.15) is 29.7 Å². The first-order valence-corrected chi connectivity index (χ1v) is 7.81. The first-order valence-electron chi connectivity index (χ1n) is 7.81. The summed E-state index contributed by atoms with van der Waals surface area (Å²) in [4.78, 5) is 0. The van der Waals surface area contributed by atoms with Crippen LogP contribution in [0.25, 0.3) is 0 Å². The van der Waals surface area contributed by atoms with E-state index in [0.717, 1.165) is 11.3 Å². The molecule has 0 bridgehead atoms. The molecule has 23 heavy (non-hydrogen) atoms. The van der Waals surface area contributed by atoms with Gasteiger partial charge in [0.15, 0.2) is 11.6 Å². The molecule has 1 aliphatic heterocycles. The fourth-order valence-corrected chi connectivity index (χ4v) is 3.11. The van der Waals surface area contributed by atoms with Crippen LogP contribution in [0, 0.1) is 12.7 Å². The van der Waals surface area contributed by atoms with Crippen molar-refractivity contribution in [3.05, 3.63) is 47.0 Å². The quantitative estimate of drug-likeness (QED) is 0.889. The summed E-state index contributed by atoms with van der Waals surface area (Å²) in [7, 11) is 1.49. The molecular weight excluding hydrogens is 297 g/mol. The maximum Gasteiger partial charge on any atom is 0.170 e. The van der Waals surface area contributed by atoms with Gasteiger partial charge in [-0.25, -0.2) is 4.39 Å². The number of nitrogens with zero attached hydrogens (tertiary/aromatic N) is 1. The molecule has 0 radical (unpaired) electrons. The number of aromatic nitrogens is 2. The van der Waals surface area contributed by atoms with E-state index >= 15 is 0 Å². The van der Waals surface area contributed by atoms with Crippen molar-refractivity contribution in [2.75, 3.05) is 20.3 Å². The summed E-state index contributed by atoms with van der Waals surface area (Å²) in [6.45, 7) is 3.81. The van der Waals surface area contributed by atoms with Gasteiger partial charge in [-0.15, -0.1) is 0 Å². The van der Waals surface area contributed by atoms with Crippen molar-refractivity contribution in [2.24, 2.45) is 0 Å². The number of hydrogen-bond donors (Lipinski definition) is 2. The molecule has 0 spiro atoms. The molecule has 6 heteroatoms. The lowest BCUT2D eigenvalue weighted by Gasteiger charge is -2.39. The predicted octanol–water partition coefficient (Wildman–Crippen LogP) is 2.66. The van der Waals surface area contributed by atoms with Crippen LogP contribution in [0.3, 0.4) is 0 Å². The molecule has 5 nitrogen and oxygen atoms in total. The van der Waals surface area contributed by atoms with Crippen LogP contribution in [0.15, 0.2) is 24.4 Å². The first kappa shape index (κ1) is 16.0. The predicted molar refractivity (Wildman–Crippen MR) is 84.8 cm³/mol. The number of halogens is 1. The van der Waals surface area contributed by atoms with Crippen LogP contribution in [0.5, 0.6) is 5.75 Å². The Kier molecular flexibility index (Phi) is 4.63. The topological polar surface area (TPSA) is 59.2 Å². The number of H-pyrrole nitrogens is 1. The van der Waals surface area contributed by atoms with Crippen molar-refractivity contribution in [3.63, 3.8) is 0 Å². The second-order valence-electron chi connectivity index (χ2n) is 5.90. The van der Waals surface area contributed by atoms with Crippen LogP contribution >= 0.6 is 0 Å². The summed E-state index contributed by atoms with van der Waals surface area (Å²) in [5.74, 6) is -0.0291. The highest BCUT2D eigenvalue weighted by atomic mass is 19.1. The minimum absolute atomic E-state index is 0.271. The largest absolute Gasteiger partial charge is 0.494 e. The van der Waals surface area contributed by atoms with E-state index < -0.39 is 5.54 Å². The SMILES string of the molecule is COc1cccc(C2(NCc3[nH]ncc3C)CCOCC2)c1F. The minimum atomic E-state index is -0.464. The number of hydrogen-bond acceptors (Lipinski definition) is 4. The summed E-state index contributed by atoms with van der Waals surface area (Å²) in [6, 6.07) is 5.30. The molecule has 2 aromatic rings. The smallest absolute Gasteiger partial charge is 0.170 e. The Morgan fingerprint density at radius 1 is 1.39 bits per heavy atom. The van der Waals surface area contributed by atoms with Gasteiger partial charge in [0.1, 0.15) is 0 Å². The zero-order valence-corrected chi connectivity index (χ0v) is 13.5. The van der Waals surface area contributed by atoms with E-state index in [0.29, 0.717) is 38.2 Å². The zero-order valence-electron chi connectivity index (χ0n) is 13.5. The van der Waals surface area contributed by atoms with E-state index in [2.05, 4.69) is 15.5 Å². The second kappa shape index (κ2) is 6.68. The van der Waals surface area contributed by atoms with Gasteiger partial charge in [0.25, 0.3) is 0 Å². The summed E-state index contributed by atoms with van der Waals surface area (Å²) < 4.78 is 25.5. The Labute approximate surface area is 135 Å². The number of rotatable bonds is 5. The van der Waals surface area contributed by atoms with Gasteiger partial charge in [-0.05, 0) is 31.4 Å². The average molecular weight is 319 g/mol. The maximum absolute atomic E-state index is 14.8. The molecule has 3 rings (SSSR count). The second-order valence-corrected chi connectivity index (χ2v) is 5.90. The average Bonchev–Trinajstić information content (AvgIpc) is 2.99. The number of aryl methyl sites for hydroxylation is 1. The van der Waals surface area contributed by atoms with Crippen molar-refractivity contribution in [2.45, 2.75) is 31.8 Å². The highest BCUT2D eigenvalue weighted by Crippen LogP contribution is 2.36. The van der Waals surface area contributed by atoms with Gasteiger partial charge in [-0.1, -0.05) is 12.1 Å². The third-order valence-electron chi connectivity index (χ3n) is 4.58. The number of nitrogens with one attached hydrogen (secondary N) is 2. The van der Waals surface area contributed by atoms with Crippen molar-refractivity contribution in [1.82, 2.24) is 15.5 Å². The monoisotopic (exact) mass is 319 g/mol. The standard InChI is InChI=1S/C17H22FN3O2/c1-12-10-20-21-14(12)11-19-17(6-8-23-9-7-17)13-4-3-5-15(22-2)16(13)18/h3-5,10,19H,6-9,11H2,1-2H3,(H,20,21). The Hall–Kier alpha value is -1.92. The molecule has 1 fully saturated rings. The number of benzene rings is 1. The minimum Gasteiger partial charge on any atom is -0.494 e. The molecule has 0 atom stereocenters. The number of ether oxygens (including phenoxy) is 2. The van der Waals surface area contributed by atoms with Crippen molar-refractivity contribution in [1.29, 1.82) is 0 Å². The third-order valence-corrected chi connectivity index (χ3v) is 4.58. The van der Waals surface area contributed by atoms with Crippen molar-refractivity contribution in [3.8, 4) is 5.75 Å². The van der Waals surface area contributed by atoms with Crippen molar-refractivity contribution < 1.29 is 13.9 Å². The van der Waals surface area contributed by atoms with Crippen molar-refractivity contribution >= 4 is 0 Å². The molecule has 1 saturated heterocycles. The van der Waals surface area contributed by atoms with E-state index in [-0.39, 0.29) is 11.6 Å². The van der Waals surface area contributed by atoms with Crippen LogP contribution in [-0.4, -0.2) is 30.5 Å². The van der Waals surface area contributed by atoms with Gasteiger partial charge in [0.05, 0.1) is 24.5 Å². The Balaban J connectivity index is 1.92. The molecule has 2 heterocycles. The normalized spacial score (nSPS) is 17.2. The third kappa shape index (κ3) is 3.09. The summed E-state index contributed by atoms with van der Waals surface area (Å²) in [6.07, 6.45) is 3.22. The van der Waals surface area contributed by atoms with Crippen LogP contribution < -0.4 is 10.1 Å². The van der Waals surface area contributed by atoms with Crippen LogP contribution in [0.4, 0.5) is 4.39 Å². The van der Waals surface area contributed by atoms with Gasteiger partial charge < -0.3 is 14.8 Å². The molecule has 2 N–H and O–H groups in total. The lowest BCUT2D eigenvalue weighted by atomic mass is 9.82.